The van der Waals surface area contributed by atoms with Crippen LogP contribution in [0.3, 0.4) is 0 Å². The maximum atomic E-state index is 5.42. The van der Waals surface area contributed by atoms with E-state index in [1.165, 1.54) is 5.56 Å². The molecule has 2 aromatic rings. The van der Waals surface area contributed by atoms with Crippen LogP contribution in [0.1, 0.15) is 23.6 Å². The highest BCUT2D eigenvalue weighted by molar-refractivity contribution is 5.79. The Morgan fingerprint density at radius 1 is 0.897 bits per heavy atom. The topological polar surface area (TPSA) is 73.3 Å². The Morgan fingerprint density at radius 2 is 1.55 bits per heavy atom. The van der Waals surface area contributed by atoms with Crippen molar-refractivity contribution in [3.63, 3.8) is 0 Å². The van der Waals surface area contributed by atoms with Gasteiger partial charge in [0.25, 0.3) is 0 Å². The highest BCUT2D eigenvalue weighted by Gasteiger charge is 2.13. The van der Waals surface area contributed by atoms with Gasteiger partial charge >= 0.3 is 0 Å². The molecule has 0 atom stereocenters. The highest BCUT2D eigenvalue weighted by atomic mass is 16.5. The molecule has 0 saturated carbocycles. The third-order valence-electron chi connectivity index (χ3n) is 4.35. The van der Waals surface area contributed by atoms with Crippen LogP contribution in [-0.2, 0) is 24.4 Å². The molecule has 0 heterocycles. The fourth-order valence-electron chi connectivity index (χ4n) is 2.94. The van der Waals surface area contributed by atoms with Crippen LogP contribution >= 0.6 is 0 Å². The summed E-state index contributed by atoms with van der Waals surface area (Å²) in [6.07, 6.45) is 0. The highest BCUT2D eigenvalue weighted by Crippen LogP contribution is 2.38. The summed E-state index contributed by atoms with van der Waals surface area (Å²) in [7, 11) is 6.50. The molecule has 0 unspecified atom stereocenters. The molecule has 29 heavy (non-hydrogen) atoms. The Hall–Kier alpha value is -2.93. The first kappa shape index (κ1) is 22.4. The molecule has 0 bridgehead atoms. The predicted molar refractivity (Wildman–Crippen MR) is 115 cm³/mol. The second-order valence-electron chi connectivity index (χ2n) is 6.28. The molecular weight excluding hydrogens is 370 g/mol. The molecule has 7 nitrogen and oxygen atoms in total. The van der Waals surface area contributed by atoms with Crippen LogP contribution < -0.4 is 24.8 Å². The van der Waals surface area contributed by atoms with E-state index >= 15 is 0 Å². The number of hydrogen-bond donors (Lipinski definition) is 2. The van der Waals surface area contributed by atoms with Crippen LogP contribution in [0.5, 0.6) is 17.2 Å². The van der Waals surface area contributed by atoms with Crippen molar-refractivity contribution in [3.8, 4) is 17.2 Å². The molecule has 0 amide bonds. The number of guanidine groups is 1. The van der Waals surface area contributed by atoms with Crippen LogP contribution in [0, 0.1) is 0 Å². The second kappa shape index (κ2) is 11.8. The van der Waals surface area contributed by atoms with Gasteiger partial charge in [-0.2, -0.15) is 0 Å². The van der Waals surface area contributed by atoms with Crippen molar-refractivity contribution in [1.29, 1.82) is 0 Å². The molecule has 0 radical (unpaired) electrons. The zero-order chi connectivity index (χ0) is 21.1. The lowest BCUT2D eigenvalue weighted by Gasteiger charge is -2.15. The smallest absolute Gasteiger partial charge is 0.203 e. The van der Waals surface area contributed by atoms with Crippen LogP contribution in [0.25, 0.3) is 0 Å². The van der Waals surface area contributed by atoms with Crippen molar-refractivity contribution < 1.29 is 18.9 Å². The Morgan fingerprint density at radius 3 is 2.10 bits per heavy atom. The number of rotatable bonds is 10. The summed E-state index contributed by atoms with van der Waals surface area (Å²) in [5.74, 6) is 2.53. The van der Waals surface area contributed by atoms with Crippen LogP contribution in [0.4, 0.5) is 0 Å². The van der Waals surface area contributed by atoms with E-state index in [4.69, 9.17) is 23.9 Å². The van der Waals surface area contributed by atoms with Gasteiger partial charge in [0, 0.05) is 20.2 Å². The number of methoxy groups -OCH3 is 4. The molecule has 0 aliphatic heterocycles. The van der Waals surface area contributed by atoms with Gasteiger partial charge in [-0.25, -0.2) is 4.99 Å². The third kappa shape index (κ3) is 6.29. The molecule has 0 fully saturated rings. The van der Waals surface area contributed by atoms with Gasteiger partial charge in [-0.1, -0.05) is 24.3 Å². The maximum absolute atomic E-state index is 5.42. The average molecular weight is 402 g/mol. The van der Waals surface area contributed by atoms with Gasteiger partial charge in [0.15, 0.2) is 17.5 Å². The summed E-state index contributed by atoms with van der Waals surface area (Å²) >= 11 is 0. The predicted octanol–water partition coefficient (Wildman–Crippen LogP) is 3.11. The minimum atomic E-state index is 0.464. The number of benzene rings is 2. The number of hydrogen-bond acceptors (Lipinski definition) is 5. The molecule has 0 saturated heterocycles. The first-order valence-corrected chi connectivity index (χ1v) is 9.53. The molecule has 0 spiro atoms. The summed E-state index contributed by atoms with van der Waals surface area (Å²) in [5.41, 5.74) is 3.28. The van der Waals surface area contributed by atoms with Crippen LogP contribution in [0.15, 0.2) is 41.4 Å². The van der Waals surface area contributed by atoms with Gasteiger partial charge in [0.2, 0.25) is 5.75 Å². The van der Waals surface area contributed by atoms with Gasteiger partial charge in [-0.05, 0) is 35.7 Å². The van der Waals surface area contributed by atoms with Gasteiger partial charge in [0.1, 0.15) is 0 Å². The molecule has 0 aromatic heterocycles. The summed E-state index contributed by atoms with van der Waals surface area (Å²) < 4.78 is 21.5. The van der Waals surface area contributed by atoms with Crippen LogP contribution in [0.2, 0.25) is 0 Å². The Kier molecular flexibility index (Phi) is 9.11. The largest absolute Gasteiger partial charge is 0.493 e. The average Bonchev–Trinajstić information content (AvgIpc) is 2.75. The van der Waals surface area contributed by atoms with E-state index in [1.807, 2.05) is 31.2 Å². The molecular formula is C22H31N3O4. The monoisotopic (exact) mass is 401 g/mol. The van der Waals surface area contributed by atoms with Crippen molar-refractivity contribution in [3.05, 3.63) is 53.1 Å². The normalized spacial score (nSPS) is 11.1. The number of nitrogens with one attached hydrogen (secondary N) is 2. The van der Waals surface area contributed by atoms with Crippen molar-refractivity contribution in [2.24, 2.45) is 4.99 Å². The number of aliphatic imine (C=N–C) groups is 1. The summed E-state index contributed by atoms with van der Waals surface area (Å²) in [6.45, 7) is 4.50. The van der Waals surface area contributed by atoms with E-state index in [1.54, 1.807) is 28.4 Å². The molecule has 2 rings (SSSR count). The van der Waals surface area contributed by atoms with Crippen molar-refractivity contribution >= 4 is 5.96 Å². The number of ether oxygens (including phenoxy) is 4. The molecule has 2 aromatic carbocycles. The van der Waals surface area contributed by atoms with E-state index in [0.717, 1.165) is 23.6 Å². The first-order valence-electron chi connectivity index (χ1n) is 9.53. The number of nitrogens with zero attached hydrogens (tertiary/aromatic N) is 1. The lowest BCUT2D eigenvalue weighted by Crippen LogP contribution is -2.37. The lowest BCUT2D eigenvalue weighted by atomic mass is 10.1. The van der Waals surface area contributed by atoms with Gasteiger partial charge in [-0.15, -0.1) is 0 Å². The fourth-order valence-corrected chi connectivity index (χ4v) is 2.94. The Balaban J connectivity index is 2.15. The zero-order valence-corrected chi connectivity index (χ0v) is 17.9. The maximum Gasteiger partial charge on any atom is 0.203 e. The quantitative estimate of drug-likeness (QED) is 0.471. The first-order chi connectivity index (χ1) is 14.2. The van der Waals surface area contributed by atoms with Gasteiger partial charge < -0.3 is 29.6 Å². The standard InChI is InChI=1S/C22H31N3O4/c1-6-23-22(25-14-17-9-7-8-10-18(17)15-26-2)24-13-16-11-19(27-3)21(29-5)20(12-16)28-4/h7-12H,6,13-15H2,1-5H3,(H2,23,24,25). The van der Waals surface area contributed by atoms with Crippen molar-refractivity contribution in [2.75, 3.05) is 35.0 Å². The lowest BCUT2D eigenvalue weighted by molar-refractivity contribution is 0.184. The summed E-state index contributed by atoms with van der Waals surface area (Å²) in [4.78, 5) is 4.69. The SMILES string of the molecule is CCNC(=NCc1cc(OC)c(OC)c(OC)c1)NCc1ccccc1COC. The Labute approximate surface area is 173 Å². The van der Waals surface area contributed by atoms with E-state index in [0.29, 0.717) is 36.9 Å². The van der Waals surface area contributed by atoms with Crippen LogP contribution in [-0.4, -0.2) is 40.9 Å². The van der Waals surface area contributed by atoms with Crippen molar-refractivity contribution in [2.45, 2.75) is 26.6 Å². The zero-order valence-electron chi connectivity index (χ0n) is 17.9. The molecule has 158 valence electrons. The van der Waals surface area contributed by atoms with E-state index in [9.17, 15) is 0 Å². The van der Waals surface area contributed by atoms with Gasteiger partial charge in [0.05, 0.1) is 34.5 Å². The minimum Gasteiger partial charge on any atom is -0.493 e. The second-order valence-corrected chi connectivity index (χ2v) is 6.28. The molecule has 7 heteroatoms. The van der Waals surface area contributed by atoms with E-state index in [2.05, 4.69) is 22.8 Å². The minimum absolute atomic E-state index is 0.464. The van der Waals surface area contributed by atoms with E-state index in [-0.39, 0.29) is 0 Å². The Bertz CT molecular complexity index is 783. The molecule has 0 aliphatic rings. The van der Waals surface area contributed by atoms with Crippen molar-refractivity contribution in [1.82, 2.24) is 10.6 Å². The molecule has 2 N–H and O–H groups in total. The summed E-state index contributed by atoms with van der Waals surface area (Å²) in [6, 6.07) is 12.0. The van der Waals surface area contributed by atoms with E-state index < -0.39 is 0 Å². The van der Waals surface area contributed by atoms with Gasteiger partial charge in [-0.3, -0.25) is 0 Å². The third-order valence-corrected chi connectivity index (χ3v) is 4.35. The summed E-state index contributed by atoms with van der Waals surface area (Å²) in [5, 5.41) is 6.66. The molecule has 0 aliphatic carbocycles. The fraction of sp³-hybridized carbons (Fsp3) is 0.409.